The molecule has 2 aromatic rings. The van der Waals surface area contributed by atoms with E-state index in [4.69, 9.17) is 23.2 Å². The van der Waals surface area contributed by atoms with Gasteiger partial charge in [0.25, 0.3) is 15.9 Å². The minimum atomic E-state index is -5.24. The zero-order valence-electron chi connectivity index (χ0n) is 14.0. The molecule has 0 saturated heterocycles. The Morgan fingerprint density at radius 3 is 2.14 bits per heavy atom. The Hall–Kier alpha value is -2.01. The van der Waals surface area contributed by atoms with Gasteiger partial charge in [-0.15, -0.1) is 0 Å². The number of rotatable bonds is 5. The lowest BCUT2D eigenvalue weighted by Crippen LogP contribution is -2.52. The van der Waals surface area contributed by atoms with Crippen molar-refractivity contribution < 1.29 is 31.5 Å². The molecule has 152 valence electrons. The van der Waals surface area contributed by atoms with Crippen molar-refractivity contribution in [2.45, 2.75) is 23.6 Å². The Balaban J connectivity index is 2.34. The first-order valence-electron chi connectivity index (χ1n) is 7.44. The molecule has 0 aliphatic carbocycles. The second kappa shape index (κ2) is 7.78. The van der Waals surface area contributed by atoms with Crippen molar-refractivity contribution >= 4 is 50.5 Å². The highest BCUT2D eigenvalue weighted by Gasteiger charge is 2.55. The van der Waals surface area contributed by atoms with Gasteiger partial charge in [-0.1, -0.05) is 41.4 Å². The van der Waals surface area contributed by atoms with E-state index in [-0.39, 0.29) is 12.6 Å². The number of carbonyl (C=O) groups is 1. The van der Waals surface area contributed by atoms with Crippen LogP contribution in [0.2, 0.25) is 10.0 Å². The molecule has 0 aliphatic rings. The minimum absolute atomic E-state index is 0.244. The number of alkyl halides is 3. The fourth-order valence-corrected chi connectivity index (χ4v) is 3.80. The monoisotopic (exact) mass is 456 g/mol. The molecule has 2 rings (SSSR count). The molecule has 1 atom stereocenters. The Kier molecular flexibility index (Phi) is 6.19. The summed E-state index contributed by atoms with van der Waals surface area (Å²) in [6, 6.07) is 9.75. The lowest BCUT2D eigenvalue weighted by molar-refractivity contribution is -0.242. The largest absolute Gasteiger partial charge is 0.426 e. The second-order valence-electron chi connectivity index (χ2n) is 5.73. The highest BCUT2D eigenvalue weighted by Crippen LogP contribution is 2.37. The van der Waals surface area contributed by atoms with Crippen LogP contribution in [0.3, 0.4) is 0 Å². The summed E-state index contributed by atoms with van der Waals surface area (Å²) in [6.07, 6.45) is -5.24. The zero-order valence-corrected chi connectivity index (χ0v) is 16.3. The number of amides is 1. The van der Waals surface area contributed by atoms with E-state index in [0.717, 1.165) is 12.1 Å². The summed E-state index contributed by atoms with van der Waals surface area (Å²) in [4.78, 5) is 11.3. The number of nitrogens with one attached hydrogen (secondary N) is 2. The predicted molar refractivity (Wildman–Crippen MR) is 99.0 cm³/mol. The summed E-state index contributed by atoms with van der Waals surface area (Å²) in [6.45, 7) is 0.264. The molecule has 28 heavy (non-hydrogen) atoms. The molecule has 0 heterocycles. The molecule has 0 bridgehead atoms. The molecule has 0 aromatic heterocycles. The summed E-state index contributed by atoms with van der Waals surface area (Å²) in [5.74, 6) is -1.81. The fraction of sp³-hybridized carbons (Fsp3) is 0.188. The molecule has 0 radical (unpaired) electrons. The smallest absolute Gasteiger partial charge is 0.373 e. The maximum atomic E-state index is 12.7. The third kappa shape index (κ3) is 4.52. The lowest BCUT2D eigenvalue weighted by Gasteiger charge is -2.25. The van der Waals surface area contributed by atoms with Crippen molar-refractivity contribution in [3.8, 4) is 0 Å². The van der Waals surface area contributed by atoms with Gasteiger partial charge in [0.15, 0.2) is 0 Å². The molecule has 3 N–H and O–H groups in total. The topological polar surface area (TPSA) is 95.5 Å². The molecule has 0 saturated carbocycles. The molecule has 0 spiro atoms. The van der Waals surface area contributed by atoms with E-state index in [9.17, 15) is 31.5 Å². The normalized spacial score (nSPS) is 14.2. The van der Waals surface area contributed by atoms with Crippen molar-refractivity contribution in [2.75, 3.05) is 10.0 Å². The molecule has 6 nitrogen and oxygen atoms in total. The van der Waals surface area contributed by atoms with E-state index in [1.54, 1.807) is 23.5 Å². The van der Waals surface area contributed by atoms with Gasteiger partial charge in [-0.3, -0.25) is 9.52 Å². The highest BCUT2D eigenvalue weighted by molar-refractivity contribution is 7.92. The van der Waals surface area contributed by atoms with Gasteiger partial charge in [0.2, 0.25) is 5.60 Å². The quantitative estimate of drug-likeness (QED) is 0.632. The molecule has 12 heteroatoms. The molecule has 0 fully saturated rings. The summed E-state index contributed by atoms with van der Waals surface area (Å²) in [5, 5.41) is 10.1. The Morgan fingerprint density at radius 1 is 1.04 bits per heavy atom. The van der Waals surface area contributed by atoms with E-state index in [0.29, 0.717) is 0 Å². The van der Waals surface area contributed by atoms with Crippen LogP contribution in [0.15, 0.2) is 47.4 Å². The maximum Gasteiger partial charge on any atom is 0.426 e. The van der Waals surface area contributed by atoms with Gasteiger partial charge in [-0.05, 0) is 31.2 Å². The third-order valence-corrected chi connectivity index (χ3v) is 6.02. The van der Waals surface area contributed by atoms with E-state index >= 15 is 0 Å². The lowest BCUT2D eigenvalue weighted by atomic mass is 10.1. The van der Waals surface area contributed by atoms with Gasteiger partial charge >= 0.3 is 6.18 Å². The average Bonchev–Trinajstić information content (AvgIpc) is 2.58. The van der Waals surface area contributed by atoms with Gasteiger partial charge in [0.05, 0.1) is 15.7 Å². The fourth-order valence-electron chi connectivity index (χ4n) is 1.92. The van der Waals surface area contributed by atoms with E-state index < -0.39 is 48.3 Å². The van der Waals surface area contributed by atoms with Gasteiger partial charge in [-0.2, -0.15) is 13.2 Å². The first kappa shape index (κ1) is 22.3. The molecule has 0 aliphatic heterocycles. The summed E-state index contributed by atoms with van der Waals surface area (Å²) in [5.41, 5.74) is -3.85. The van der Waals surface area contributed by atoms with E-state index in [2.05, 4.69) is 4.72 Å². The van der Waals surface area contributed by atoms with Gasteiger partial charge in [-0.25, -0.2) is 8.42 Å². The van der Waals surface area contributed by atoms with Gasteiger partial charge in [0, 0.05) is 5.69 Å². The van der Waals surface area contributed by atoms with Crippen LogP contribution < -0.4 is 10.0 Å². The average molecular weight is 457 g/mol. The Labute approximate surface area is 168 Å². The van der Waals surface area contributed by atoms with Crippen LogP contribution in [-0.2, 0) is 14.8 Å². The van der Waals surface area contributed by atoms with Crippen molar-refractivity contribution in [2.24, 2.45) is 0 Å². The number of carbonyl (C=O) groups excluding carboxylic acids is 1. The standard InChI is InChI=1S/C16H13Cl2F3N2O4S/c1-15(25,16(19,20)21)14(24)22-10-7-8-11(13(18)12(10)17)28(26,27)23-9-5-3-2-4-6-9/h2-8,23,25H,1H3,(H,22,24)/t15-/m1/s1. The van der Waals surface area contributed by atoms with Gasteiger partial charge in [0.1, 0.15) is 4.90 Å². The van der Waals surface area contributed by atoms with Crippen LogP contribution in [0, 0.1) is 0 Å². The zero-order chi connectivity index (χ0) is 21.3. The van der Waals surface area contributed by atoms with Crippen LogP contribution in [0.1, 0.15) is 6.92 Å². The number of sulfonamides is 1. The van der Waals surface area contributed by atoms with Crippen LogP contribution >= 0.6 is 23.2 Å². The van der Waals surface area contributed by atoms with Gasteiger partial charge < -0.3 is 10.4 Å². The molecule has 2 aromatic carbocycles. The van der Waals surface area contributed by atoms with Crippen molar-refractivity contribution in [1.29, 1.82) is 0 Å². The minimum Gasteiger partial charge on any atom is -0.373 e. The van der Waals surface area contributed by atoms with Crippen molar-refractivity contribution in [3.05, 3.63) is 52.5 Å². The molecule has 0 unspecified atom stereocenters. The predicted octanol–water partition coefficient (Wildman–Crippen LogP) is 4.05. The molecular weight excluding hydrogens is 444 g/mol. The van der Waals surface area contributed by atoms with Crippen molar-refractivity contribution in [1.82, 2.24) is 0 Å². The summed E-state index contributed by atoms with van der Waals surface area (Å²) >= 11 is 11.9. The summed E-state index contributed by atoms with van der Waals surface area (Å²) < 4.78 is 65.4. The highest BCUT2D eigenvalue weighted by atomic mass is 35.5. The number of halogens is 5. The number of hydrogen-bond donors (Lipinski definition) is 3. The number of aliphatic hydroxyl groups is 1. The Morgan fingerprint density at radius 2 is 1.61 bits per heavy atom. The van der Waals surface area contributed by atoms with Crippen LogP contribution in [0.4, 0.5) is 24.5 Å². The maximum absolute atomic E-state index is 12.7. The van der Waals surface area contributed by atoms with Crippen molar-refractivity contribution in [3.63, 3.8) is 0 Å². The number of hydrogen-bond acceptors (Lipinski definition) is 4. The van der Waals surface area contributed by atoms with E-state index in [1.165, 1.54) is 12.1 Å². The molecule has 1 amide bonds. The van der Waals surface area contributed by atoms with Crippen LogP contribution in [0.25, 0.3) is 0 Å². The number of para-hydroxylation sites is 1. The first-order chi connectivity index (χ1) is 12.8. The van der Waals surface area contributed by atoms with Crippen LogP contribution in [0.5, 0.6) is 0 Å². The van der Waals surface area contributed by atoms with Crippen LogP contribution in [-0.4, -0.2) is 31.2 Å². The second-order valence-corrected chi connectivity index (χ2v) is 8.14. The first-order valence-corrected chi connectivity index (χ1v) is 9.67. The number of benzene rings is 2. The Bertz CT molecular complexity index is 997. The van der Waals surface area contributed by atoms with E-state index in [1.807, 2.05) is 0 Å². The number of anilines is 2. The summed E-state index contributed by atoms with van der Waals surface area (Å²) in [7, 11) is -4.17. The third-order valence-electron chi connectivity index (χ3n) is 3.60. The SMILES string of the molecule is C[C@@](O)(C(=O)Nc1ccc(S(=O)(=O)Nc2ccccc2)c(Cl)c1Cl)C(F)(F)F. The molecular formula is C16H13Cl2F3N2O4S.